The van der Waals surface area contributed by atoms with Gasteiger partial charge in [0.25, 0.3) is 0 Å². The van der Waals surface area contributed by atoms with E-state index in [0.717, 1.165) is 40.9 Å². The minimum atomic E-state index is 0.453. The molecule has 25 heavy (non-hydrogen) atoms. The maximum Gasteiger partial charge on any atom is 0.199 e. The van der Waals surface area contributed by atoms with Crippen molar-refractivity contribution in [2.24, 2.45) is 0 Å². The van der Waals surface area contributed by atoms with Gasteiger partial charge in [-0.25, -0.2) is 4.68 Å². The van der Waals surface area contributed by atoms with Gasteiger partial charge < -0.3 is 0 Å². The Labute approximate surface area is 159 Å². The highest BCUT2D eigenvalue weighted by atomic mass is 35.5. The molecule has 4 nitrogen and oxygen atoms in total. The summed E-state index contributed by atoms with van der Waals surface area (Å²) >= 11 is 12.3. The van der Waals surface area contributed by atoms with E-state index in [4.69, 9.17) is 28.9 Å². The molecule has 1 saturated carbocycles. The summed E-state index contributed by atoms with van der Waals surface area (Å²) in [5.41, 5.74) is 0.986. The molecule has 0 amide bonds. The molecule has 4 rings (SSSR count). The first kappa shape index (κ1) is 17.3. The Morgan fingerprint density at radius 1 is 1.04 bits per heavy atom. The lowest BCUT2D eigenvalue weighted by molar-refractivity contribution is 0.172. The third-order valence-corrected chi connectivity index (χ3v) is 6.19. The van der Waals surface area contributed by atoms with Crippen molar-refractivity contribution in [1.82, 2.24) is 19.2 Å². The van der Waals surface area contributed by atoms with E-state index in [1.807, 2.05) is 22.9 Å². The number of hydrogen-bond acceptors (Lipinski definition) is 3. The Kier molecular flexibility index (Phi) is 5.25. The molecule has 1 aliphatic heterocycles. The molecular weight excluding hydrogens is 352 g/mol. The maximum atomic E-state index is 6.48. The highest BCUT2D eigenvalue weighted by molar-refractivity contribution is 7.71. The van der Waals surface area contributed by atoms with Crippen LogP contribution in [0.1, 0.15) is 51.0 Å². The van der Waals surface area contributed by atoms with Crippen LogP contribution in [0.15, 0.2) is 24.3 Å². The largest absolute Gasteiger partial charge is 0.297 e. The summed E-state index contributed by atoms with van der Waals surface area (Å²) in [4.78, 5) is 2.46. The van der Waals surface area contributed by atoms with Crippen molar-refractivity contribution >= 4 is 23.8 Å². The van der Waals surface area contributed by atoms with Gasteiger partial charge in [-0.15, -0.1) is 0 Å². The summed E-state index contributed by atoms with van der Waals surface area (Å²) in [7, 11) is 0. The molecule has 1 aliphatic carbocycles. The molecule has 0 atom stereocenters. The Bertz CT molecular complexity index is 785. The molecule has 0 radical (unpaired) electrons. The van der Waals surface area contributed by atoms with Gasteiger partial charge in [-0.2, -0.15) is 5.10 Å². The van der Waals surface area contributed by atoms with Crippen molar-refractivity contribution in [1.29, 1.82) is 0 Å². The normalized spacial score (nSPS) is 19.6. The van der Waals surface area contributed by atoms with E-state index in [0.29, 0.717) is 6.04 Å². The van der Waals surface area contributed by atoms with Crippen LogP contribution in [0, 0.1) is 4.77 Å². The highest BCUT2D eigenvalue weighted by Gasteiger charge is 2.25. The minimum absolute atomic E-state index is 0.453. The van der Waals surface area contributed by atoms with Crippen LogP contribution >= 0.6 is 23.8 Å². The molecule has 1 saturated heterocycles. The smallest absolute Gasteiger partial charge is 0.199 e. The predicted octanol–water partition coefficient (Wildman–Crippen LogP) is 5.29. The summed E-state index contributed by atoms with van der Waals surface area (Å²) < 4.78 is 5.12. The number of rotatable bonds is 4. The number of piperidine rings is 1. The molecule has 0 unspecified atom stereocenters. The van der Waals surface area contributed by atoms with Crippen molar-refractivity contribution in [2.45, 2.75) is 57.7 Å². The van der Waals surface area contributed by atoms with Gasteiger partial charge in [-0.3, -0.25) is 9.47 Å². The third-order valence-electron chi connectivity index (χ3n) is 5.46. The van der Waals surface area contributed by atoms with Crippen molar-refractivity contribution in [2.75, 3.05) is 13.1 Å². The van der Waals surface area contributed by atoms with E-state index in [2.05, 4.69) is 15.5 Å². The summed E-state index contributed by atoms with van der Waals surface area (Å²) in [5, 5.41) is 5.67. The molecule has 0 spiro atoms. The maximum absolute atomic E-state index is 6.48. The van der Waals surface area contributed by atoms with Gasteiger partial charge in [0, 0.05) is 11.6 Å². The zero-order valence-corrected chi connectivity index (χ0v) is 16.1. The fourth-order valence-electron chi connectivity index (χ4n) is 4.12. The Hall–Kier alpha value is -1.17. The average molecular weight is 377 g/mol. The lowest BCUT2D eigenvalue weighted by atomic mass is 10.1. The van der Waals surface area contributed by atoms with Gasteiger partial charge >= 0.3 is 0 Å². The molecule has 2 fully saturated rings. The zero-order valence-electron chi connectivity index (χ0n) is 14.5. The van der Waals surface area contributed by atoms with Crippen molar-refractivity contribution < 1.29 is 0 Å². The van der Waals surface area contributed by atoms with E-state index in [1.165, 1.54) is 44.9 Å². The molecule has 134 valence electrons. The Morgan fingerprint density at radius 2 is 1.76 bits per heavy atom. The molecule has 0 N–H and O–H groups in total. The zero-order chi connectivity index (χ0) is 17.2. The average Bonchev–Trinajstić information content (AvgIpc) is 3.25. The Balaban J connectivity index is 1.74. The standard InChI is InChI=1S/C19H25ClN4S/c20-17-11-5-4-10-16(17)18-21-23(14-22-12-6-1-7-13-22)19(25)24(18)15-8-2-3-9-15/h4-5,10-11,15H,1-3,6-9,12-14H2. The molecule has 1 aromatic carbocycles. The van der Waals surface area contributed by atoms with E-state index in [9.17, 15) is 0 Å². The van der Waals surface area contributed by atoms with Gasteiger partial charge in [0.1, 0.15) is 0 Å². The molecule has 2 aliphatic rings. The van der Waals surface area contributed by atoms with Gasteiger partial charge in [-0.05, 0) is 63.1 Å². The van der Waals surface area contributed by atoms with E-state index in [-0.39, 0.29) is 0 Å². The Morgan fingerprint density at radius 3 is 2.48 bits per heavy atom. The molecule has 0 bridgehead atoms. The fourth-order valence-corrected chi connectivity index (χ4v) is 4.67. The molecular formula is C19H25ClN4S. The topological polar surface area (TPSA) is 26.0 Å². The first-order valence-electron chi connectivity index (χ1n) is 9.40. The van der Waals surface area contributed by atoms with Crippen LogP contribution in [0.25, 0.3) is 11.4 Å². The monoisotopic (exact) mass is 376 g/mol. The first-order valence-corrected chi connectivity index (χ1v) is 10.2. The molecule has 6 heteroatoms. The number of benzene rings is 1. The number of halogens is 1. The van der Waals surface area contributed by atoms with Crippen LogP contribution in [0.5, 0.6) is 0 Å². The number of nitrogens with zero attached hydrogens (tertiary/aromatic N) is 4. The summed E-state index contributed by atoms with van der Waals surface area (Å²) in [6.07, 6.45) is 8.78. The van der Waals surface area contributed by atoms with Crippen molar-refractivity contribution in [3.63, 3.8) is 0 Å². The van der Waals surface area contributed by atoms with E-state index < -0.39 is 0 Å². The molecule has 2 heterocycles. The van der Waals surface area contributed by atoms with Crippen LogP contribution in [0.3, 0.4) is 0 Å². The van der Waals surface area contributed by atoms with Crippen molar-refractivity contribution in [3.05, 3.63) is 34.1 Å². The highest BCUT2D eigenvalue weighted by Crippen LogP contribution is 2.35. The van der Waals surface area contributed by atoms with Crippen LogP contribution in [-0.4, -0.2) is 32.3 Å². The van der Waals surface area contributed by atoms with Gasteiger partial charge in [0.15, 0.2) is 10.6 Å². The summed E-state index contributed by atoms with van der Waals surface area (Å²) in [6, 6.07) is 8.42. The number of aromatic nitrogens is 3. The number of likely N-dealkylation sites (tertiary alicyclic amines) is 1. The van der Waals surface area contributed by atoms with Crippen LogP contribution < -0.4 is 0 Å². The lowest BCUT2D eigenvalue weighted by Crippen LogP contribution is -2.32. The van der Waals surface area contributed by atoms with Crippen LogP contribution in [0.2, 0.25) is 5.02 Å². The van der Waals surface area contributed by atoms with E-state index >= 15 is 0 Å². The summed E-state index contributed by atoms with van der Waals surface area (Å²) in [5.74, 6) is 0.930. The third kappa shape index (κ3) is 3.55. The molecule has 1 aromatic heterocycles. The van der Waals surface area contributed by atoms with E-state index in [1.54, 1.807) is 0 Å². The second kappa shape index (κ2) is 7.60. The fraction of sp³-hybridized carbons (Fsp3) is 0.579. The van der Waals surface area contributed by atoms with Crippen LogP contribution in [-0.2, 0) is 6.67 Å². The van der Waals surface area contributed by atoms with Crippen LogP contribution in [0.4, 0.5) is 0 Å². The SMILES string of the molecule is S=c1n(CN2CCCCC2)nc(-c2ccccc2Cl)n1C1CCCC1. The second-order valence-electron chi connectivity index (χ2n) is 7.21. The number of hydrogen-bond donors (Lipinski definition) is 0. The second-order valence-corrected chi connectivity index (χ2v) is 7.99. The molecule has 2 aromatic rings. The minimum Gasteiger partial charge on any atom is -0.297 e. The van der Waals surface area contributed by atoms with Crippen molar-refractivity contribution in [3.8, 4) is 11.4 Å². The van der Waals surface area contributed by atoms with Gasteiger partial charge in [-0.1, -0.05) is 43.0 Å². The quantitative estimate of drug-likeness (QED) is 0.678. The summed E-state index contributed by atoms with van der Waals surface area (Å²) in [6.45, 7) is 3.06. The lowest BCUT2D eigenvalue weighted by Gasteiger charge is -2.25. The predicted molar refractivity (Wildman–Crippen MR) is 104 cm³/mol. The first-order chi connectivity index (χ1) is 12.2. The van der Waals surface area contributed by atoms with Gasteiger partial charge in [0.2, 0.25) is 0 Å². The van der Waals surface area contributed by atoms with Gasteiger partial charge in [0.05, 0.1) is 11.7 Å².